The Hall–Kier alpha value is -1.55. The minimum atomic E-state index is -0.0102. The molecule has 2 rings (SSSR count). The van der Waals surface area contributed by atoms with E-state index in [1.165, 1.54) is 5.56 Å². The zero-order chi connectivity index (χ0) is 15.4. The lowest BCUT2D eigenvalue weighted by atomic mass is 9.87. The molecule has 1 heterocycles. The molecule has 0 fully saturated rings. The highest BCUT2D eigenvalue weighted by molar-refractivity contribution is 5.81. The predicted molar refractivity (Wildman–Crippen MR) is 85.4 cm³/mol. The van der Waals surface area contributed by atoms with Crippen molar-refractivity contribution < 1.29 is 9.53 Å². The van der Waals surface area contributed by atoms with Crippen LogP contribution in [-0.2, 0) is 16.0 Å². The highest BCUT2D eigenvalue weighted by atomic mass is 16.5. The Morgan fingerprint density at radius 1 is 1.43 bits per heavy atom. The van der Waals surface area contributed by atoms with Crippen molar-refractivity contribution in [2.45, 2.75) is 39.3 Å². The van der Waals surface area contributed by atoms with Gasteiger partial charge in [0.2, 0.25) is 5.91 Å². The molecule has 0 spiro atoms. The first-order valence-corrected chi connectivity index (χ1v) is 7.70. The number of hydrogen-bond acceptors (Lipinski definition) is 3. The third kappa shape index (κ3) is 3.97. The summed E-state index contributed by atoms with van der Waals surface area (Å²) in [5, 5.41) is 3.44. The van der Waals surface area contributed by atoms with Crippen molar-refractivity contribution >= 4 is 11.6 Å². The number of para-hydroxylation sites is 1. The fraction of sp³-hybridized carbons (Fsp3) is 0.588. The molecule has 116 valence electrons. The summed E-state index contributed by atoms with van der Waals surface area (Å²) in [4.78, 5) is 14.4. The number of likely N-dealkylation sites (N-methyl/N-ethyl adjacent to an activating group) is 1. The molecule has 4 nitrogen and oxygen atoms in total. The van der Waals surface area contributed by atoms with Gasteiger partial charge in [0.15, 0.2) is 0 Å². The molecule has 1 N–H and O–H groups in total. The van der Waals surface area contributed by atoms with Crippen LogP contribution in [0.4, 0.5) is 5.69 Å². The van der Waals surface area contributed by atoms with Crippen LogP contribution in [0, 0.1) is 5.92 Å². The van der Waals surface area contributed by atoms with Gasteiger partial charge >= 0.3 is 0 Å². The van der Waals surface area contributed by atoms with Crippen molar-refractivity contribution in [3.63, 3.8) is 0 Å². The zero-order valence-corrected chi connectivity index (χ0v) is 13.4. The minimum Gasteiger partial charge on any atom is -0.382 e. The van der Waals surface area contributed by atoms with Crippen LogP contribution in [0.1, 0.15) is 26.3 Å². The third-order valence-electron chi connectivity index (χ3n) is 4.02. The predicted octanol–water partition coefficient (Wildman–Crippen LogP) is 2.54. The van der Waals surface area contributed by atoms with E-state index in [-0.39, 0.29) is 24.0 Å². The van der Waals surface area contributed by atoms with E-state index in [0.717, 1.165) is 12.1 Å². The normalized spacial score (nSPS) is 20.8. The van der Waals surface area contributed by atoms with Gasteiger partial charge in [-0.3, -0.25) is 4.79 Å². The van der Waals surface area contributed by atoms with E-state index in [1.807, 2.05) is 33.0 Å². The molecule has 0 aliphatic carbocycles. The Kier molecular flexibility index (Phi) is 5.23. The standard InChI is InChI=1S/C17H26N2O2/c1-12(2)21-10-9-19(4)17(20)15-11-14-7-5-6-8-16(14)18-13(15)3/h5-8,12-13,15,18H,9-11H2,1-4H3. The molecule has 1 aliphatic rings. The van der Waals surface area contributed by atoms with Gasteiger partial charge in [-0.1, -0.05) is 18.2 Å². The number of hydrogen-bond donors (Lipinski definition) is 1. The smallest absolute Gasteiger partial charge is 0.227 e. The van der Waals surface area contributed by atoms with Crippen LogP contribution in [0.25, 0.3) is 0 Å². The summed E-state index contributed by atoms with van der Waals surface area (Å²) in [5.74, 6) is 0.181. The number of nitrogens with zero attached hydrogens (tertiary/aromatic N) is 1. The fourth-order valence-corrected chi connectivity index (χ4v) is 2.72. The molecule has 1 aromatic carbocycles. The average Bonchev–Trinajstić information content (AvgIpc) is 2.45. The van der Waals surface area contributed by atoms with Crippen molar-refractivity contribution in [2.24, 2.45) is 5.92 Å². The van der Waals surface area contributed by atoms with Crippen LogP contribution >= 0.6 is 0 Å². The summed E-state index contributed by atoms with van der Waals surface area (Å²) < 4.78 is 5.52. The first kappa shape index (κ1) is 15.8. The number of ether oxygens (including phenoxy) is 1. The van der Waals surface area contributed by atoms with E-state index < -0.39 is 0 Å². The average molecular weight is 290 g/mol. The first-order valence-electron chi connectivity index (χ1n) is 7.70. The summed E-state index contributed by atoms with van der Waals surface area (Å²) in [6.45, 7) is 7.32. The van der Waals surface area contributed by atoms with Gasteiger partial charge in [0.05, 0.1) is 18.6 Å². The first-order chi connectivity index (χ1) is 9.99. The monoisotopic (exact) mass is 290 g/mol. The topological polar surface area (TPSA) is 41.6 Å². The number of carbonyl (C=O) groups is 1. The molecule has 4 heteroatoms. The Balaban J connectivity index is 1.96. The number of benzene rings is 1. The van der Waals surface area contributed by atoms with Gasteiger partial charge in [-0.15, -0.1) is 0 Å². The SMILES string of the molecule is CC(C)OCCN(C)C(=O)C1Cc2ccccc2NC1C. The second kappa shape index (κ2) is 6.94. The van der Waals surface area contributed by atoms with Gasteiger partial charge in [0.25, 0.3) is 0 Å². The molecule has 1 amide bonds. The Bertz CT molecular complexity index is 487. The lowest BCUT2D eigenvalue weighted by Gasteiger charge is -2.34. The van der Waals surface area contributed by atoms with E-state index in [0.29, 0.717) is 13.2 Å². The molecule has 0 radical (unpaired) electrons. The van der Waals surface area contributed by atoms with Gasteiger partial charge < -0.3 is 15.0 Å². The summed E-state index contributed by atoms with van der Waals surface area (Å²) in [7, 11) is 1.86. The van der Waals surface area contributed by atoms with E-state index in [9.17, 15) is 4.79 Å². The Labute approximate surface area is 127 Å². The highest BCUT2D eigenvalue weighted by Crippen LogP contribution is 2.29. The molecule has 0 aromatic heterocycles. The number of nitrogens with one attached hydrogen (secondary N) is 1. The van der Waals surface area contributed by atoms with Crippen molar-refractivity contribution in [1.82, 2.24) is 4.90 Å². The van der Waals surface area contributed by atoms with Crippen molar-refractivity contribution in [3.05, 3.63) is 29.8 Å². The quantitative estimate of drug-likeness (QED) is 0.906. The summed E-state index contributed by atoms with van der Waals surface area (Å²) >= 11 is 0. The number of carbonyl (C=O) groups excluding carboxylic acids is 1. The van der Waals surface area contributed by atoms with Crippen molar-refractivity contribution in [2.75, 3.05) is 25.5 Å². The van der Waals surface area contributed by atoms with Crippen LogP contribution in [0.3, 0.4) is 0 Å². The lowest BCUT2D eigenvalue weighted by molar-refractivity contribution is -0.135. The highest BCUT2D eigenvalue weighted by Gasteiger charge is 2.32. The molecule has 1 aromatic rings. The minimum absolute atomic E-state index is 0.0102. The number of amides is 1. The van der Waals surface area contributed by atoms with Crippen LogP contribution in [0.5, 0.6) is 0 Å². The molecule has 0 saturated heterocycles. The largest absolute Gasteiger partial charge is 0.382 e. The third-order valence-corrected chi connectivity index (χ3v) is 4.02. The molecule has 2 atom stereocenters. The van der Waals surface area contributed by atoms with Crippen LogP contribution in [0.2, 0.25) is 0 Å². The number of anilines is 1. The molecule has 0 bridgehead atoms. The second-order valence-corrected chi connectivity index (χ2v) is 6.08. The van der Waals surface area contributed by atoms with Gasteiger partial charge in [-0.2, -0.15) is 0 Å². The maximum atomic E-state index is 12.6. The molecular formula is C17H26N2O2. The van der Waals surface area contributed by atoms with Crippen LogP contribution in [-0.4, -0.2) is 43.2 Å². The van der Waals surface area contributed by atoms with Crippen LogP contribution in [0.15, 0.2) is 24.3 Å². The van der Waals surface area contributed by atoms with Gasteiger partial charge in [0.1, 0.15) is 0 Å². The molecule has 0 saturated carbocycles. The maximum Gasteiger partial charge on any atom is 0.227 e. The van der Waals surface area contributed by atoms with Gasteiger partial charge in [-0.25, -0.2) is 0 Å². The number of fused-ring (bicyclic) bond motifs is 1. The maximum absolute atomic E-state index is 12.6. The van der Waals surface area contributed by atoms with E-state index in [1.54, 1.807) is 4.90 Å². The van der Waals surface area contributed by atoms with Crippen molar-refractivity contribution in [3.8, 4) is 0 Å². The fourth-order valence-electron chi connectivity index (χ4n) is 2.72. The molecule has 1 aliphatic heterocycles. The summed E-state index contributed by atoms with van der Waals surface area (Å²) in [5.41, 5.74) is 2.38. The van der Waals surface area contributed by atoms with E-state index in [2.05, 4.69) is 24.4 Å². The Morgan fingerprint density at radius 3 is 2.86 bits per heavy atom. The van der Waals surface area contributed by atoms with Crippen LogP contribution < -0.4 is 5.32 Å². The second-order valence-electron chi connectivity index (χ2n) is 6.08. The lowest BCUT2D eigenvalue weighted by Crippen LogP contribution is -2.45. The van der Waals surface area contributed by atoms with E-state index in [4.69, 9.17) is 4.74 Å². The molecule has 21 heavy (non-hydrogen) atoms. The van der Waals surface area contributed by atoms with Gasteiger partial charge in [-0.05, 0) is 38.8 Å². The summed E-state index contributed by atoms with van der Waals surface area (Å²) in [6.07, 6.45) is 1.01. The summed E-state index contributed by atoms with van der Waals surface area (Å²) in [6, 6.07) is 8.37. The molecule has 2 unspecified atom stereocenters. The molecular weight excluding hydrogens is 264 g/mol. The van der Waals surface area contributed by atoms with Crippen molar-refractivity contribution in [1.29, 1.82) is 0 Å². The van der Waals surface area contributed by atoms with Gasteiger partial charge in [0, 0.05) is 25.3 Å². The number of rotatable bonds is 5. The van der Waals surface area contributed by atoms with E-state index >= 15 is 0 Å². The zero-order valence-electron chi connectivity index (χ0n) is 13.4. The Morgan fingerprint density at radius 2 is 2.14 bits per heavy atom.